The van der Waals surface area contributed by atoms with E-state index in [1.165, 1.54) is 43.5 Å². The van der Waals surface area contributed by atoms with Crippen LogP contribution in [0.15, 0.2) is 29.3 Å². The summed E-state index contributed by atoms with van der Waals surface area (Å²) in [6, 6.07) is 9.31. The first-order chi connectivity index (χ1) is 13.1. The number of rotatable bonds is 9. The summed E-state index contributed by atoms with van der Waals surface area (Å²) in [5.74, 6) is 0.869. The van der Waals surface area contributed by atoms with Crippen molar-refractivity contribution < 1.29 is 4.74 Å². The molecule has 1 aromatic rings. The van der Waals surface area contributed by atoms with Crippen LogP contribution < -0.4 is 10.6 Å². The number of likely N-dealkylation sites (tertiary alicyclic amines) is 1. The molecule has 1 aromatic carbocycles. The predicted molar refractivity (Wildman–Crippen MR) is 114 cm³/mol. The summed E-state index contributed by atoms with van der Waals surface area (Å²) in [6.45, 7) is 11.3. The summed E-state index contributed by atoms with van der Waals surface area (Å²) in [6.07, 6.45) is 5.50. The van der Waals surface area contributed by atoms with Crippen molar-refractivity contribution in [2.75, 3.05) is 26.7 Å². The van der Waals surface area contributed by atoms with Gasteiger partial charge in [-0.2, -0.15) is 0 Å². The largest absolute Gasteiger partial charge is 0.374 e. The summed E-state index contributed by atoms with van der Waals surface area (Å²) in [5, 5.41) is 6.83. The minimum absolute atomic E-state index is 0.263. The number of guanidine groups is 1. The third-order valence-electron chi connectivity index (χ3n) is 5.14. The maximum Gasteiger partial charge on any atom is 0.191 e. The Morgan fingerprint density at radius 3 is 2.59 bits per heavy atom. The van der Waals surface area contributed by atoms with Crippen LogP contribution >= 0.6 is 0 Å². The average molecular weight is 375 g/mol. The fraction of sp³-hybridized carbons (Fsp3) is 0.682. The van der Waals surface area contributed by atoms with E-state index in [4.69, 9.17) is 4.74 Å². The Morgan fingerprint density at radius 1 is 1.19 bits per heavy atom. The third kappa shape index (κ3) is 8.31. The van der Waals surface area contributed by atoms with Crippen LogP contribution in [-0.2, 0) is 17.9 Å². The Bertz CT molecular complexity index is 556. The molecule has 1 unspecified atom stereocenters. The molecule has 1 aliphatic rings. The molecule has 0 amide bonds. The molecule has 0 saturated carbocycles. The summed E-state index contributed by atoms with van der Waals surface area (Å²) >= 11 is 0. The van der Waals surface area contributed by atoms with Crippen molar-refractivity contribution in [3.8, 4) is 0 Å². The summed E-state index contributed by atoms with van der Waals surface area (Å²) in [7, 11) is 1.83. The number of ether oxygens (including phenoxy) is 1. The van der Waals surface area contributed by atoms with Gasteiger partial charge in [0.2, 0.25) is 0 Å². The highest BCUT2D eigenvalue weighted by molar-refractivity contribution is 5.79. The molecule has 1 saturated heterocycles. The standard InChI is InChI=1S/C22H38N4O/c1-18(2)27-17-21-11-9-20(10-12-21)16-25-22(23-4)24-13-7-15-26-14-6-5-8-19(26)3/h9-12,18-19H,5-8,13-17H2,1-4H3,(H2,23,24,25). The Balaban J connectivity index is 1.64. The minimum Gasteiger partial charge on any atom is -0.374 e. The molecule has 1 atom stereocenters. The predicted octanol–water partition coefficient (Wildman–Crippen LogP) is 3.54. The van der Waals surface area contributed by atoms with Gasteiger partial charge in [-0.05, 0) is 57.7 Å². The summed E-state index contributed by atoms with van der Waals surface area (Å²) in [4.78, 5) is 6.95. The Labute approximate surface area is 165 Å². The van der Waals surface area contributed by atoms with Gasteiger partial charge in [0.05, 0.1) is 12.7 Å². The fourth-order valence-corrected chi connectivity index (χ4v) is 3.40. The zero-order valence-corrected chi connectivity index (χ0v) is 17.6. The SMILES string of the molecule is CN=C(NCCCN1CCCCC1C)NCc1ccc(COC(C)C)cc1. The van der Waals surface area contributed by atoms with Crippen LogP contribution in [-0.4, -0.2) is 49.7 Å². The van der Waals surface area contributed by atoms with Gasteiger partial charge in [-0.3, -0.25) is 4.99 Å². The van der Waals surface area contributed by atoms with E-state index in [1.54, 1.807) is 0 Å². The molecule has 5 heteroatoms. The zero-order valence-electron chi connectivity index (χ0n) is 17.6. The number of nitrogens with zero attached hydrogens (tertiary/aromatic N) is 2. The first kappa shape index (κ1) is 21.7. The molecule has 1 fully saturated rings. The van der Waals surface area contributed by atoms with E-state index in [-0.39, 0.29) is 6.10 Å². The van der Waals surface area contributed by atoms with E-state index in [0.717, 1.165) is 31.5 Å². The lowest BCUT2D eigenvalue weighted by molar-refractivity contribution is 0.0657. The van der Waals surface area contributed by atoms with Gasteiger partial charge in [0.1, 0.15) is 0 Å². The number of piperidine rings is 1. The molecular weight excluding hydrogens is 336 g/mol. The molecule has 0 bridgehead atoms. The summed E-state index contributed by atoms with van der Waals surface area (Å²) < 4.78 is 5.64. The second-order valence-corrected chi connectivity index (χ2v) is 7.76. The lowest BCUT2D eigenvalue weighted by atomic mass is 10.0. The monoisotopic (exact) mass is 374 g/mol. The van der Waals surface area contributed by atoms with Gasteiger partial charge in [0.25, 0.3) is 0 Å². The molecule has 1 heterocycles. The normalized spacial score (nSPS) is 18.7. The Morgan fingerprint density at radius 2 is 1.93 bits per heavy atom. The van der Waals surface area contributed by atoms with Crippen molar-refractivity contribution >= 4 is 5.96 Å². The second-order valence-electron chi connectivity index (χ2n) is 7.76. The van der Waals surface area contributed by atoms with Gasteiger partial charge in [-0.25, -0.2) is 0 Å². The zero-order chi connectivity index (χ0) is 19.5. The van der Waals surface area contributed by atoms with Crippen LogP contribution in [0.3, 0.4) is 0 Å². The van der Waals surface area contributed by atoms with Crippen LogP contribution in [0.5, 0.6) is 0 Å². The summed E-state index contributed by atoms with van der Waals surface area (Å²) in [5.41, 5.74) is 2.45. The van der Waals surface area contributed by atoms with Crippen molar-refractivity contribution in [2.24, 2.45) is 4.99 Å². The van der Waals surface area contributed by atoms with Gasteiger partial charge in [0.15, 0.2) is 5.96 Å². The van der Waals surface area contributed by atoms with Crippen molar-refractivity contribution in [3.05, 3.63) is 35.4 Å². The van der Waals surface area contributed by atoms with Crippen molar-refractivity contribution in [1.82, 2.24) is 15.5 Å². The lowest BCUT2D eigenvalue weighted by Crippen LogP contribution is -2.41. The third-order valence-corrected chi connectivity index (χ3v) is 5.14. The highest BCUT2D eigenvalue weighted by atomic mass is 16.5. The molecular formula is C22H38N4O. The topological polar surface area (TPSA) is 48.9 Å². The quantitative estimate of drug-likeness (QED) is 0.394. The number of benzene rings is 1. The number of hydrogen-bond acceptors (Lipinski definition) is 3. The molecule has 0 spiro atoms. The molecule has 2 rings (SSSR count). The minimum atomic E-state index is 0.263. The fourth-order valence-electron chi connectivity index (χ4n) is 3.40. The molecule has 5 nitrogen and oxygen atoms in total. The van der Waals surface area contributed by atoms with E-state index in [9.17, 15) is 0 Å². The van der Waals surface area contributed by atoms with Gasteiger partial charge >= 0.3 is 0 Å². The van der Waals surface area contributed by atoms with Gasteiger partial charge in [-0.1, -0.05) is 30.7 Å². The molecule has 2 N–H and O–H groups in total. The molecule has 1 aliphatic heterocycles. The Kier molecular flexibility index (Phi) is 9.64. The van der Waals surface area contributed by atoms with Crippen molar-refractivity contribution in [2.45, 2.75) is 71.8 Å². The smallest absolute Gasteiger partial charge is 0.191 e. The van der Waals surface area contributed by atoms with E-state index in [2.05, 4.69) is 65.6 Å². The maximum atomic E-state index is 5.64. The van der Waals surface area contributed by atoms with Crippen LogP contribution in [0, 0.1) is 0 Å². The van der Waals surface area contributed by atoms with Gasteiger partial charge in [0, 0.05) is 32.7 Å². The van der Waals surface area contributed by atoms with Gasteiger partial charge in [-0.15, -0.1) is 0 Å². The lowest BCUT2D eigenvalue weighted by Gasteiger charge is -2.33. The molecule has 27 heavy (non-hydrogen) atoms. The van der Waals surface area contributed by atoms with E-state index in [1.807, 2.05) is 7.05 Å². The van der Waals surface area contributed by atoms with E-state index in [0.29, 0.717) is 6.61 Å². The average Bonchev–Trinajstić information content (AvgIpc) is 2.68. The van der Waals surface area contributed by atoms with Crippen molar-refractivity contribution in [3.63, 3.8) is 0 Å². The number of aliphatic imine (C=N–C) groups is 1. The maximum absolute atomic E-state index is 5.64. The highest BCUT2D eigenvalue weighted by Gasteiger charge is 2.17. The number of hydrogen-bond donors (Lipinski definition) is 2. The molecule has 152 valence electrons. The van der Waals surface area contributed by atoms with Gasteiger partial charge < -0.3 is 20.3 Å². The van der Waals surface area contributed by atoms with Crippen molar-refractivity contribution in [1.29, 1.82) is 0 Å². The first-order valence-corrected chi connectivity index (χ1v) is 10.5. The second kappa shape index (κ2) is 12.0. The van der Waals surface area contributed by atoms with Crippen LogP contribution in [0.4, 0.5) is 0 Å². The van der Waals surface area contributed by atoms with Crippen LogP contribution in [0.2, 0.25) is 0 Å². The molecule has 0 aromatic heterocycles. The van der Waals surface area contributed by atoms with E-state index >= 15 is 0 Å². The van der Waals surface area contributed by atoms with Crippen LogP contribution in [0.25, 0.3) is 0 Å². The Hall–Kier alpha value is -1.59. The van der Waals surface area contributed by atoms with E-state index < -0.39 is 0 Å². The molecule has 0 aliphatic carbocycles. The number of nitrogens with one attached hydrogen (secondary N) is 2. The van der Waals surface area contributed by atoms with Crippen LogP contribution in [0.1, 0.15) is 57.6 Å². The first-order valence-electron chi connectivity index (χ1n) is 10.5. The highest BCUT2D eigenvalue weighted by Crippen LogP contribution is 2.16. The molecule has 0 radical (unpaired) electrons.